The summed E-state index contributed by atoms with van der Waals surface area (Å²) in [6, 6.07) is 4.08. The van der Waals surface area contributed by atoms with Gasteiger partial charge in [-0.05, 0) is 25.0 Å². The van der Waals surface area contributed by atoms with Crippen molar-refractivity contribution in [2.75, 3.05) is 44.5 Å². The number of aromatic nitrogens is 1. The number of hydrogen-bond acceptors (Lipinski definition) is 5. The summed E-state index contributed by atoms with van der Waals surface area (Å²) in [5, 5.41) is 0. The summed E-state index contributed by atoms with van der Waals surface area (Å²) in [6.45, 7) is 1.94. The molecule has 0 bridgehead atoms. The van der Waals surface area contributed by atoms with Crippen LogP contribution in [0.25, 0.3) is 0 Å². The molecule has 1 saturated heterocycles. The average molecular weight is 278 g/mol. The summed E-state index contributed by atoms with van der Waals surface area (Å²) in [7, 11) is 3.39. The van der Waals surface area contributed by atoms with E-state index in [1.165, 1.54) is 0 Å². The number of carbonyl (C=O) groups is 1. The molecule has 2 N–H and O–H groups in total. The molecule has 1 amide bonds. The van der Waals surface area contributed by atoms with E-state index >= 15 is 0 Å². The molecule has 1 aromatic rings. The maximum absolute atomic E-state index is 11.8. The molecule has 2 heterocycles. The molecule has 1 fully saturated rings. The van der Waals surface area contributed by atoms with Crippen LogP contribution in [0.2, 0.25) is 0 Å². The Hall–Kier alpha value is -1.82. The smallest absolute Gasteiger partial charge is 0.248 e. The number of pyridine rings is 1. The van der Waals surface area contributed by atoms with Gasteiger partial charge in [-0.1, -0.05) is 0 Å². The molecule has 1 aromatic heterocycles. The van der Waals surface area contributed by atoms with Crippen LogP contribution in [0.4, 0.5) is 11.5 Å². The van der Waals surface area contributed by atoms with Crippen LogP contribution >= 0.6 is 0 Å². The Morgan fingerprint density at radius 1 is 1.50 bits per heavy atom. The first-order valence-corrected chi connectivity index (χ1v) is 6.83. The van der Waals surface area contributed by atoms with Gasteiger partial charge in [0.15, 0.2) is 0 Å². The van der Waals surface area contributed by atoms with E-state index in [4.69, 9.17) is 10.5 Å². The number of ether oxygens (including phenoxy) is 1. The van der Waals surface area contributed by atoms with E-state index in [1.54, 1.807) is 18.2 Å². The summed E-state index contributed by atoms with van der Waals surface area (Å²) >= 11 is 0. The van der Waals surface area contributed by atoms with Gasteiger partial charge in [0.2, 0.25) is 5.91 Å². The lowest BCUT2D eigenvalue weighted by Crippen LogP contribution is -2.46. The minimum absolute atomic E-state index is 0.0385. The highest BCUT2D eigenvalue weighted by atomic mass is 16.5. The minimum atomic E-state index is 0.0385. The molecule has 6 heteroatoms. The van der Waals surface area contributed by atoms with Gasteiger partial charge in [-0.25, -0.2) is 4.98 Å². The number of hydrogen-bond donors (Lipinski definition) is 1. The number of methoxy groups -OCH3 is 1. The van der Waals surface area contributed by atoms with Gasteiger partial charge in [0, 0.05) is 33.3 Å². The normalized spacial score (nSPS) is 16.2. The number of anilines is 2. The molecule has 1 aliphatic heterocycles. The number of rotatable bonds is 4. The third kappa shape index (κ3) is 3.39. The summed E-state index contributed by atoms with van der Waals surface area (Å²) < 4.78 is 4.89. The monoisotopic (exact) mass is 278 g/mol. The second-order valence-electron chi connectivity index (χ2n) is 5.11. The Bertz CT molecular complexity index is 441. The number of nitrogen functional groups attached to an aromatic ring is 1. The second kappa shape index (κ2) is 6.56. The van der Waals surface area contributed by atoms with Crippen molar-refractivity contribution in [1.82, 2.24) is 9.88 Å². The van der Waals surface area contributed by atoms with Gasteiger partial charge in [0.1, 0.15) is 12.4 Å². The van der Waals surface area contributed by atoms with Crippen LogP contribution in [0.15, 0.2) is 18.3 Å². The molecule has 20 heavy (non-hydrogen) atoms. The van der Waals surface area contributed by atoms with Crippen molar-refractivity contribution in [2.45, 2.75) is 18.9 Å². The van der Waals surface area contributed by atoms with Gasteiger partial charge >= 0.3 is 0 Å². The highest BCUT2D eigenvalue weighted by molar-refractivity contribution is 5.77. The van der Waals surface area contributed by atoms with Crippen LogP contribution in [-0.2, 0) is 9.53 Å². The van der Waals surface area contributed by atoms with E-state index in [0.717, 1.165) is 31.7 Å². The van der Waals surface area contributed by atoms with Crippen LogP contribution in [0, 0.1) is 0 Å². The number of carbonyl (C=O) groups excluding carboxylic acids is 1. The van der Waals surface area contributed by atoms with Crippen LogP contribution in [0.5, 0.6) is 0 Å². The second-order valence-corrected chi connectivity index (χ2v) is 5.11. The van der Waals surface area contributed by atoms with E-state index in [-0.39, 0.29) is 18.6 Å². The lowest BCUT2D eigenvalue weighted by molar-refractivity contribution is -0.136. The van der Waals surface area contributed by atoms with Crippen molar-refractivity contribution in [3.8, 4) is 0 Å². The minimum Gasteiger partial charge on any atom is -0.397 e. The van der Waals surface area contributed by atoms with E-state index in [1.807, 2.05) is 19.2 Å². The summed E-state index contributed by atoms with van der Waals surface area (Å²) in [4.78, 5) is 20.2. The quantitative estimate of drug-likeness (QED) is 0.879. The van der Waals surface area contributed by atoms with Gasteiger partial charge in [-0.3, -0.25) is 4.79 Å². The average Bonchev–Trinajstić information content (AvgIpc) is 2.48. The Kier molecular flexibility index (Phi) is 4.79. The first-order chi connectivity index (χ1) is 9.61. The van der Waals surface area contributed by atoms with Crippen molar-refractivity contribution in [2.24, 2.45) is 0 Å². The lowest BCUT2D eigenvalue weighted by atomic mass is 10.0. The third-order valence-electron chi connectivity index (χ3n) is 3.77. The van der Waals surface area contributed by atoms with Crippen molar-refractivity contribution >= 4 is 17.4 Å². The zero-order valence-corrected chi connectivity index (χ0v) is 12.1. The van der Waals surface area contributed by atoms with Gasteiger partial charge < -0.3 is 20.3 Å². The molecule has 0 spiro atoms. The molecule has 110 valence electrons. The first kappa shape index (κ1) is 14.6. The molecule has 0 saturated carbocycles. The molecule has 0 radical (unpaired) electrons. The fourth-order valence-corrected chi connectivity index (χ4v) is 2.50. The van der Waals surface area contributed by atoms with E-state index in [2.05, 4.69) is 9.88 Å². The van der Waals surface area contributed by atoms with Crippen LogP contribution in [0.3, 0.4) is 0 Å². The molecule has 1 aliphatic rings. The highest BCUT2D eigenvalue weighted by Crippen LogP contribution is 2.21. The van der Waals surface area contributed by atoms with Crippen molar-refractivity contribution in [3.05, 3.63) is 18.3 Å². The topological polar surface area (TPSA) is 71.7 Å². The molecule has 0 atom stereocenters. The number of piperidine rings is 1. The van der Waals surface area contributed by atoms with E-state index in [0.29, 0.717) is 5.69 Å². The molecule has 6 nitrogen and oxygen atoms in total. The molecular weight excluding hydrogens is 256 g/mol. The number of likely N-dealkylation sites (N-methyl/N-ethyl adjacent to an activating group) is 1. The van der Waals surface area contributed by atoms with Crippen molar-refractivity contribution < 1.29 is 9.53 Å². The Balaban J connectivity index is 1.89. The maximum atomic E-state index is 11.8. The van der Waals surface area contributed by atoms with Crippen molar-refractivity contribution in [3.63, 3.8) is 0 Å². The maximum Gasteiger partial charge on any atom is 0.248 e. The number of nitrogens with two attached hydrogens (primary N) is 1. The fourth-order valence-electron chi connectivity index (χ4n) is 2.50. The molecule has 0 aromatic carbocycles. The summed E-state index contributed by atoms with van der Waals surface area (Å²) in [5.74, 6) is 0.986. The fraction of sp³-hybridized carbons (Fsp3) is 0.571. The molecule has 2 rings (SSSR count). The zero-order valence-electron chi connectivity index (χ0n) is 12.1. The van der Waals surface area contributed by atoms with Crippen LogP contribution in [0.1, 0.15) is 12.8 Å². The predicted octanol–water partition coefficient (Wildman–Crippen LogP) is 0.737. The molecule has 0 aliphatic carbocycles. The van der Waals surface area contributed by atoms with E-state index in [9.17, 15) is 4.79 Å². The summed E-state index contributed by atoms with van der Waals surface area (Å²) in [6.07, 6.45) is 3.56. The van der Waals surface area contributed by atoms with Crippen LogP contribution < -0.4 is 10.6 Å². The van der Waals surface area contributed by atoms with Crippen molar-refractivity contribution in [1.29, 1.82) is 0 Å². The SMILES string of the molecule is COCC(=O)N(C)C1CCN(c2ccc(N)cn2)CC1. The Morgan fingerprint density at radius 2 is 2.20 bits per heavy atom. The first-order valence-electron chi connectivity index (χ1n) is 6.83. The predicted molar refractivity (Wildman–Crippen MR) is 78.5 cm³/mol. The number of amides is 1. The van der Waals surface area contributed by atoms with Crippen LogP contribution in [-0.4, -0.2) is 55.7 Å². The Morgan fingerprint density at radius 3 is 2.75 bits per heavy atom. The van der Waals surface area contributed by atoms with Gasteiger partial charge in [-0.15, -0.1) is 0 Å². The van der Waals surface area contributed by atoms with Gasteiger partial charge in [0.25, 0.3) is 0 Å². The molecule has 0 unspecified atom stereocenters. The third-order valence-corrected chi connectivity index (χ3v) is 3.77. The highest BCUT2D eigenvalue weighted by Gasteiger charge is 2.25. The lowest BCUT2D eigenvalue weighted by Gasteiger charge is -2.37. The molecular formula is C14H22N4O2. The zero-order chi connectivity index (χ0) is 14.5. The van der Waals surface area contributed by atoms with Gasteiger partial charge in [-0.2, -0.15) is 0 Å². The largest absolute Gasteiger partial charge is 0.397 e. The Labute approximate surface area is 119 Å². The van der Waals surface area contributed by atoms with E-state index < -0.39 is 0 Å². The standard InChI is InChI=1S/C14H22N4O2/c1-17(14(19)10-20-2)12-5-7-18(8-6-12)13-4-3-11(15)9-16-13/h3-4,9,12H,5-8,10,15H2,1-2H3. The summed E-state index contributed by atoms with van der Waals surface area (Å²) in [5.41, 5.74) is 6.32. The van der Waals surface area contributed by atoms with Gasteiger partial charge in [0.05, 0.1) is 11.9 Å². The number of nitrogens with zero attached hydrogens (tertiary/aromatic N) is 3.